The molecule has 0 saturated heterocycles. The lowest BCUT2D eigenvalue weighted by molar-refractivity contribution is 0.0776. The van der Waals surface area contributed by atoms with Gasteiger partial charge < -0.3 is 9.88 Å². The van der Waals surface area contributed by atoms with E-state index in [4.69, 9.17) is 0 Å². The van der Waals surface area contributed by atoms with E-state index < -0.39 is 0 Å². The van der Waals surface area contributed by atoms with Crippen LogP contribution in [0.1, 0.15) is 16.3 Å². The van der Waals surface area contributed by atoms with Crippen molar-refractivity contribution in [2.24, 2.45) is 0 Å². The van der Waals surface area contributed by atoms with Crippen LogP contribution in [0, 0.1) is 0 Å². The number of hydrogen-bond donors (Lipinski definition) is 1. The van der Waals surface area contributed by atoms with Gasteiger partial charge in [0.05, 0.1) is 23.1 Å². The Morgan fingerprint density at radius 3 is 2.53 bits per heavy atom. The van der Waals surface area contributed by atoms with Gasteiger partial charge in [-0.25, -0.2) is 4.98 Å². The highest BCUT2D eigenvalue weighted by Gasteiger charge is 2.21. The molecular weight excluding hydrogens is 426 g/mol. The van der Waals surface area contributed by atoms with Crippen molar-refractivity contribution in [2.45, 2.75) is 6.54 Å². The molecule has 8 nitrogen and oxygen atoms in total. The van der Waals surface area contributed by atoms with Crippen LogP contribution in [0.4, 0.5) is 0 Å². The van der Waals surface area contributed by atoms with Gasteiger partial charge in [0.15, 0.2) is 5.69 Å². The van der Waals surface area contributed by atoms with E-state index in [1.54, 1.807) is 67.0 Å². The molecule has 0 radical (unpaired) electrons. The molecule has 158 valence electrons. The highest BCUT2D eigenvalue weighted by Crippen LogP contribution is 2.18. The van der Waals surface area contributed by atoms with Crippen LogP contribution in [0.5, 0.6) is 0 Å². The van der Waals surface area contributed by atoms with Crippen LogP contribution in [-0.2, 0) is 6.54 Å². The van der Waals surface area contributed by atoms with Crippen LogP contribution in [0.15, 0.2) is 75.6 Å². The molecule has 3 heterocycles. The lowest BCUT2D eigenvalue weighted by Gasteiger charge is -2.18. The Labute approximate surface area is 185 Å². The molecule has 1 amide bonds. The van der Waals surface area contributed by atoms with Crippen LogP contribution in [0.2, 0.25) is 0 Å². The first-order chi connectivity index (χ1) is 15.5. The predicted octanol–water partition coefficient (Wildman–Crippen LogP) is 2.96. The molecule has 0 atom stereocenters. The number of nitrogens with zero attached hydrogens (tertiary/aromatic N) is 4. The fourth-order valence-corrected chi connectivity index (χ4v) is 4.29. The number of fused-ring (bicyclic) bond motifs is 2. The number of aromatic nitrogens is 4. The lowest BCUT2D eigenvalue weighted by atomic mass is 10.1. The van der Waals surface area contributed by atoms with Crippen LogP contribution in [-0.4, -0.2) is 37.6 Å². The van der Waals surface area contributed by atoms with E-state index in [1.807, 2.05) is 6.07 Å². The Morgan fingerprint density at radius 2 is 1.75 bits per heavy atom. The number of para-hydroxylation sites is 1. The van der Waals surface area contributed by atoms with Crippen molar-refractivity contribution in [3.8, 4) is 5.69 Å². The first-order valence-corrected chi connectivity index (χ1v) is 10.7. The molecule has 32 heavy (non-hydrogen) atoms. The largest absolute Gasteiger partial charge is 0.333 e. The molecule has 0 fully saturated rings. The quantitative estimate of drug-likeness (QED) is 0.460. The summed E-state index contributed by atoms with van der Waals surface area (Å²) in [6.07, 6.45) is 0. The number of carbonyl (C=O) groups is 1. The van der Waals surface area contributed by atoms with E-state index in [0.29, 0.717) is 32.5 Å². The predicted molar refractivity (Wildman–Crippen MR) is 123 cm³/mol. The van der Waals surface area contributed by atoms with E-state index >= 15 is 0 Å². The van der Waals surface area contributed by atoms with Crippen molar-refractivity contribution < 1.29 is 4.79 Å². The second-order valence-corrected chi connectivity index (χ2v) is 8.17. The Morgan fingerprint density at radius 1 is 1.03 bits per heavy atom. The normalized spacial score (nSPS) is 11.2. The van der Waals surface area contributed by atoms with Gasteiger partial charge in [-0.2, -0.15) is 9.78 Å². The SMILES string of the molecule is CN(Cc1nc2ccsc2c(=O)[nH]1)C(=O)c1nn(-c2ccccc2)c(=O)c2ccccc12. The second-order valence-electron chi connectivity index (χ2n) is 7.26. The van der Waals surface area contributed by atoms with Crippen LogP contribution in [0.3, 0.4) is 0 Å². The molecule has 9 heteroatoms. The Balaban J connectivity index is 1.58. The highest BCUT2D eigenvalue weighted by atomic mass is 32.1. The molecule has 0 aliphatic carbocycles. The summed E-state index contributed by atoms with van der Waals surface area (Å²) >= 11 is 1.32. The summed E-state index contributed by atoms with van der Waals surface area (Å²) in [6.45, 7) is 0.0837. The summed E-state index contributed by atoms with van der Waals surface area (Å²) in [4.78, 5) is 47.3. The maximum Gasteiger partial charge on any atom is 0.279 e. The van der Waals surface area contributed by atoms with Crippen LogP contribution < -0.4 is 11.1 Å². The third-order valence-corrected chi connectivity index (χ3v) is 6.01. The van der Waals surface area contributed by atoms with Gasteiger partial charge in [-0.05, 0) is 29.6 Å². The second kappa shape index (κ2) is 7.86. The van der Waals surface area contributed by atoms with Crippen molar-refractivity contribution >= 4 is 38.2 Å². The molecule has 0 bridgehead atoms. The molecule has 0 aliphatic rings. The molecule has 0 spiro atoms. The first-order valence-electron chi connectivity index (χ1n) is 9.82. The Kier molecular flexibility index (Phi) is 4.87. The molecular formula is C23H17N5O3S. The number of rotatable bonds is 4. The minimum atomic E-state index is -0.390. The standard InChI is InChI=1S/C23H17N5O3S/c1-27(13-18-24-17-11-12-32-20(17)21(29)25-18)23(31)19-15-9-5-6-10-16(15)22(30)28(26-19)14-7-3-2-4-8-14/h2-12H,13H2,1H3,(H,24,25,29). The maximum absolute atomic E-state index is 13.4. The smallest absolute Gasteiger partial charge is 0.279 e. The Hall–Kier alpha value is -4.11. The molecule has 5 rings (SSSR count). The minimum Gasteiger partial charge on any atom is -0.333 e. The zero-order valence-corrected chi connectivity index (χ0v) is 17.8. The van der Waals surface area contributed by atoms with Crippen molar-refractivity contribution in [1.29, 1.82) is 0 Å². The first kappa shape index (κ1) is 19.8. The summed E-state index contributed by atoms with van der Waals surface area (Å²) in [7, 11) is 1.61. The third kappa shape index (κ3) is 3.38. The minimum absolute atomic E-state index is 0.0837. The monoisotopic (exact) mass is 443 g/mol. The zero-order chi connectivity index (χ0) is 22.2. The average Bonchev–Trinajstić information content (AvgIpc) is 3.29. The van der Waals surface area contributed by atoms with E-state index in [9.17, 15) is 14.4 Å². The lowest BCUT2D eigenvalue weighted by Crippen LogP contribution is -2.32. The highest BCUT2D eigenvalue weighted by molar-refractivity contribution is 7.17. The number of hydrogen-bond acceptors (Lipinski definition) is 6. The number of amides is 1. The van der Waals surface area contributed by atoms with Gasteiger partial charge in [-0.3, -0.25) is 14.4 Å². The summed E-state index contributed by atoms with van der Waals surface area (Å²) in [5.41, 5.74) is 0.761. The van der Waals surface area contributed by atoms with Gasteiger partial charge in [-0.1, -0.05) is 36.4 Å². The summed E-state index contributed by atoms with van der Waals surface area (Å²) in [5, 5.41) is 7.08. The van der Waals surface area contributed by atoms with E-state index in [2.05, 4.69) is 15.1 Å². The maximum atomic E-state index is 13.4. The zero-order valence-electron chi connectivity index (χ0n) is 17.0. The number of nitrogens with one attached hydrogen (secondary N) is 1. The fraction of sp³-hybridized carbons (Fsp3) is 0.0870. The van der Waals surface area contributed by atoms with Gasteiger partial charge in [0, 0.05) is 12.4 Å². The van der Waals surface area contributed by atoms with Crippen molar-refractivity contribution in [3.05, 3.63) is 98.3 Å². The number of thiophene rings is 1. The number of benzene rings is 2. The summed E-state index contributed by atoms with van der Waals surface area (Å²) in [5.74, 6) is -0.0172. The fourth-order valence-electron chi connectivity index (χ4n) is 3.57. The van der Waals surface area contributed by atoms with Gasteiger partial charge in [0.1, 0.15) is 10.5 Å². The van der Waals surface area contributed by atoms with Crippen molar-refractivity contribution in [2.75, 3.05) is 7.05 Å². The Bertz CT molecular complexity index is 1590. The average molecular weight is 443 g/mol. The van der Waals surface area contributed by atoms with Crippen molar-refractivity contribution in [3.63, 3.8) is 0 Å². The number of H-pyrrole nitrogens is 1. The molecule has 0 unspecified atom stereocenters. The summed E-state index contributed by atoms with van der Waals surface area (Å²) in [6, 6.07) is 17.6. The molecule has 0 saturated carbocycles. The third-order valence-electron chi connectivity index (χ3n) is 5.11. The topological polar surface area (TPSA) is 101 Å². The molecule has 5 aromatic rings. The van der Waals surface area contributed by atoms with Gasteiger partial charge >= 0.3 is 0 Å². The summed E-state index contributed by atoms with van der Waals surface area (Å²) < 4.78 is 1.78. The number of carbonyl (C=O) groups excluding carboxylic acids is 1. The van der Waals surface area contributed by atoms with Gasteiger partial charge in [0.25, 0.3) is 17.0 Å². The van der Waals surface area contributed by atoms with E-state index in [0.717, 1.165) is 0 Å². The molecule has 2 aromatic carbocycles. The van der Waals surface area contributed by atoms with Crippen molar-refractivity contribution in [1.82, 2.24) is 24.6 Å². The van der Waals surface area contributed by atoms with E-state index in [1.165, 1.54) is 20.9 Å². The van der Waals surface area contributed by atoms with E-state index in [-0.39, 0.29) is 29.3 Å². The molecule has 3 aromatic heterocycles. The number of aromatic amines is 1. The van der Waals surface area contributed by atoms with Gasteiger partial charge in [-0.15, -0.1) is 11.3 Å². The van der Waals surface area contributed by atoms with Gasteiger partial charge in [0.2, 0.25) is 0 Å². The van der Waals surface area contributed by atoms with Crippen LogP contribution >= 0.6 is 11.3 Å². The molecule has 0 aliphatic heterocycles. The molecule has 1 N–H and O–H groups in total. The van der Waals surface area contributed by atoms with Crippen LogP contribution in [0.25, 0.3) is 26.7 Å².